The van der Waals surface area contributed by atoms with Crippen LogP contribution in [0.5, 0.6) is 0 Å². The Morgan fingerprint density at radius 2 is 2.07 bits per heavy atom. The molecule has 2 rings (SSSR count). The average Bonchev–Trinajstić information content (AvgIpc) is 2.25. The molecule has 0 aromatic heterocycles. The Hall–Kier alpha value is -1.38. The van der Waals surface area contributed by atoms with Crippen LogP contribution in [0.25, 0.3) is 0 Å². The molecule has 80 valence electrons. The predicted octanol–water partition coefficient (Wildman–Crippen LogP) is 2.58. The fourth-order valence-electron chi connectivity index (χ4n) is 1.88. The molecule has 1 aromatic rings. The summed E-state index contributed by atoms with van der Waals surface area (Å²) in [7, 11) is 0. The summed E-state index contributed by atoms with van der Waals surface area (Å²) in [5.41, 5.74) is -0.401. The first-order valence-corrected chi connectivity index (χ1v) is 5.04. The van der Waals surface area contributed by atoms with Crippen molar-refractivity contribution in [2.24, 2.45) is 0 Å². The van der Waals surface area contributed by atoms with E-state index in [9.17, 15) is 9.18 Å². The van der Waals surface area contributed by atoms with Crippen LogP contribution in [0.2, 0.25) is 0 Å². The van der Waals surface area contributed by atoms with Crippen LogP contribution in [0.15, 0.2) is 30.3 Å². The van der Waals surface area contributed by atoms with Gasteiger partial charge in [0.25, 0.3) is 0 Å². The maximum atomic E-state index is 13.8. The van der Waals surface area contributed by atoms with Crippen LogP contribution < -0.4 is 0 Å². The molecule has 3 heteroatoms. The van der Waals surface area contributed by atoms with Crippen LogP contribution in [-0.2, 0) is 15.1 Å². The Labute approximate surface area is 88.1 Å². The first-order valence-electron chi connectivity index (χ1n) is 5.04. The van der Waals surface area contributed by atoms with E-state index in [1.165, 1.54) is 0 Å². The number of esters is 1. The van der Waals surface area contributed by atoms with Crippen molar-refractivity contribution >= 4 is 5.97 Å². The minimum absolute atomic E-state index is 0.170. The summed E-state index contributed by atoms with van der Waals surface area (Å²) < 4.78 is 19.0. The van der Waals surface area contributed by atoms with Gasteiger partial charge in [0, 0.05) is 6.42 Å². The van der Waals surface area contributed by atoms with Crippen molar-refractivity contribution in [3.8, 4) is 0 Å². The molecular formula is C12H13FO2. The Bertz CT molecular complexity index is 363. The van der Waals surface area contributed by atoms with E-state index < -0.39 is 11.8 Å². The fourth-order valence-corrected chi connectivity index (χ4v) is 1.88. The molecule has 0 amide bonds. The summed E-state index contributed by atoms with van der Waals surface area (Å²) in [6.45, 7) is 1.63. The maximum absolute atomic E-state index is 13.8. The van der Waals surface area contributed by atoms with Crippen LogP contribution in [0.1, 0.15) is 25.3 Å². The molecule has 0 N–H and O–H groups in total. The lowest BCUT2D eigenvalue weighted by molar-refractivity contribution is -0.177. The van der Waals surface area contributed by atoms with Gasteiger partial charge in [0.2, 0.25) is 0 Å². The predicted molar refractivity (Wildman–Crippen MR) is 54.0 cm³/mol. The second-order valence-corrected chi connectivity index (χ2v) is 3.95. The van der Waals surface area contributed by atoms with Gasteiger partial charge in [0.1, 0.15) is 6.17 Å². The molecule has 1 aromatic carbocycles. The number of halogens is 1. The second-order valence-electron chi connectivity index (χ2n) is 3.95. The highest BCUT2D eigenvalue weighted by atomic mass is 19.1. The number of hydrogen-bond donors (Lipinski definition) is 0. The molecule has 1 aliphatic heterocycles. The Morgan fingerprint density at radius 3 is 2.73 bits per heavy atom. The fraction of sp³-hybridized carbons (Fsp3) is 0.417. The van der Waals surface area contributed by atoms with Gasteiger partial charge in [-0.2, -0.15) is 0 Å². The molecule has 1 saturated heterocycles. The molecule has 2 atom stereocenters. The minimum atomic E-state index is -1.13. The summed E-state index contributed by atoms with van der Waals surface area (Å²) in [5, 5.41) is 0. The van der Waals surface area contributed by atoms with E-state index in [4.69, 9.17) is 4.74 Å². The van der Waals surface area contributed by atoms with Crippen LogP contribution >= 0.6 is 0 Å². The van der Waals surface area contributed by atoms with E-state index in [2.05, 4.69) is 0 Å². The quantitative estimate of drug-likeness (QED) is 0.663. The molecule has 0 spiro atoms. The number of cyclic esters (lactones) is 1. The average molecular weight is 208 g/mol. The van der Waals surface area contributed by atoms with Crippen molar-refractivity contribution in [1.82, 2.24) is 0 Å². The molecule has 0 bridgehead atoms. The summed E-state index contributed by atoms with van der Waals surface area (Å²) in [5.74, 6) is -0.324. The van der Waals surface area contributed by atoms with Crippen LogP contribution in [0.4, 0.5) is 4.39 Å². The maximum Gasteiger partial charge on any atom is 0.306 e. The van der Waals surface area contributed by atoms with Gasteiger partial charge in [-0.1, -0.05) is 30.3 Å². The second kappa shape index (κ2) is 3.65. The molecule has 0 radical (unpaired) electrons. The Morgan fingerprint density at radius 1 is 1.40 bits per heavy atom. The van der Waals surface area contributed by atoms with Gasteiger partial charge in [-0.05, 0) is 18.9 Å². The van der Waals surface area contributed by atoms with Gasteiger partial charge < -0.3 is 4.74 Å². The van der Waals surface area contributed by atoms with Crippen LogP contribution in [0.3, 0.4) is 0 Å². The molecule has 1 aliphatic rings. The third-order valence-corrected chi connectivity index (χ3v) is 2.87. The monoisotopic (exact) mass is 208 g/mol. The lowest BCUT2D eigenvalue weighted by atomic mass is 9.86. The number of benzene rings is 1. The lowest BCUT2D eigenvalue weighted by Gasteiger charge is -2.36. The number of rotatable bonds is 1. The normalized spacial score (nSPS) is 31.1. The molecule has 2 nitrogen and oxygen atoms in total. The van der Waals surface area contributed by atoms with E-state index >= 15 is 0 Å². The third kappa shape index (κ3) is 1.74. The van der Waals surface area contributed by atoms with E-state index in [1.54, 1.807) is 19.1 Å². The number of alkyl halides is 1. The summed E-state index contributed by atoms with van der Waals surface area (Å²) in [6, 6.07) is 9.05. The van der Waals surface area contributed by atoms with Gasteiger partial charge in [-0.15, -0.1) is 0 Å². The molecule has 0 unspecified atom stereocenters. The van der Waals surface area contributed by atoms with Gasteiger partial charge in [-0.3, -0.25) is 4.79 Å². The van der Waals surface area contributed by atoms with Crippen molar-refractivity contribution in [3.05, 3.63) is 35.9 Å². The van der Waals surface area contributed by atoms with Gasteiger partial charge in [-0.25, -0.2) is 4.39 Å². The van der Waals surface area contributed by atoms with Crippen LogP contribution in [-0.4, -0.2) is 12.1 Å². The van der Waals surface area contributed by atoms with E-state index in [0.717, 1.165) is 0 Å². The molecule has 0 saturated carbocycles. The summed E-state index contributed by atoms with van der Waals surface area (Å²) in [4.78, 5) is 11.2. The molecule has 15 heavy (non-hydrogen) atoms. The van der Waals surface area contributed by atoms with Crippen molar-refractivity contribution in [3.63, 3.8) is 0 Å². The molecular weight excluding hydrogens is 195 g/mol. The third-order valence-electron chi connectivity index (χ3n) is 2.87. The van der Waals surface area contributed by atoms with Gasteiger partial charge in [0.15, 0.2) is 5.60 Å². The van der Waals surface area contributed by atoms with Crippen molar-refractivity contribution in [2.75, 3.05) is 0 Å². The molecule has 1 heterocycles. The van der Waals surface area contributed by atoms with Crippen molar-refractivity contribution in [1.29, 1.82) is 0 Å². The van der Waals surface area contributed by atoms with E-state index in [1.807, 2.05) is 18.2 Å². The molecule has 0 aliphatic carbocycles. The van der Waals surface area contributed by atoms with E-state index in [0.29, 0.717) is 5.56 Å². The van der Waals surface area contributed by atoms with E-state index in [-0.39, 0.29) is 18.8 Å². The Balaban J connectivity index is 2.35. The zero-order chi connectivity index (χ0) is 10.9. The zero-order valence-corrected chi connectivity index (χ0v) is 8.57. The highest BCUT2D eigenvalue weighted by Gasteiger charge is 2.43. The lowest BCUT2D eigenvalue weighted by Crippen LogP contribution is -2.42. The number of ether oxygens (including phenoxy) is 1. The number of carbonyl (C=O) groups is 1. The Kier molecular flexibility index (Phi) is 2.47. The highest BCUT2D eigenvalue weighted by molar-refractivity contribution is 5.71. The smallest absolute Gasteiger partial charge is 0.306 e. The van der Waals surface area contributed by atoms with Crippen molar-refractivity contribution in [2.45, 2.75) is 31.5 Å². The van der Waals surface area contributed by atoms with Crippen LogP contribution in [0, 0.1) is 0 Å². The first-order chi connectivity index (χ1) is 7.13. The zero-order valence-electron chi connectivity index (χ0n) is 8.57. The SMILES string of the molecule is C[C@]1(c2ccccc2)OC(=O)CC[C@@H]1F. The first kappa shape index (κ1) is 10.1. The summed E-state index contributed by atoms with van der Waals surface area (Å²) >= 11 is 0. The number of hydrogen-bond acceptors (Lipinski definition) is 2. The number of carbonyl (C=O) groups excluding carboxylic acids is 1. The highest BCUT2D eigenvalue weighted by Crippen LogP contribution is 2.37. The van der Waals surface area contributed by atoms with Crippen molar-refractivity contribution < 1.29 is 13.9 Å². The largest absolute Gasteiger partial charge is 0.451 e. The summed E-state index contributed by atoms with van der Waals surface area (Å²) in [6.07, 6.45) is -0.717. The topological polar surface area (TPSA) is 26.3 Å². The van der Waals surface area contributed by atoms with Gasteiger partial charge >= 0.3 is 5.97 Å². The van der Waals surface area contributed by atoms with Gasteiger partial charge in [0.05, 0.1) is 0 Å². The minimum Gasteiger partial charge on any atom is -0.451 e. The molecule has 1 fully saturated rings. The standard InChI is InChI=1S/C12H13FO2/c1-12(9-5-3-2-4-6-9)10(13)7-8-11(14)15-12/h2-6,10H,7-8H2,1H3/t10-,12+/m0/s1.